The van der Waals surface area contributed by atoms with E-state index in [4.69, 9.17) is 5.11 Å². The number of hydrogen-bond donors (Lipinski definition) is 1. The molecule has 0 saturated carbocycles. The molecule has 0 bridgehead atoms. The second kappa shape index (κ2) is 20.9. The molecule has 0 spiro atoms. The summed E-state index contributed by atoms with van der Waals surface area (Å²) in [7, 11) is 0. The van der Waals surface area contributed by atoms with E-state index in [-0.39, 0.29) is 0 Å². The average molecular weight is 395 g/mol. The number of carboxylic acid groups (broad SMARTS) is 1. The fourth-order valence-corrected chi connectivity index (χ4v) is 3.96. The predicted molar refractivity (Wildman–Crippen MR) is 124 cm³/mol. The number of carbonyl (C=O) groups is 1. The molecule has 1 unspecified atom stereocenters. The van der Waals surface area contributed by atoms with Crippen LogP contribution in [0.15, 0.2) is 11.6 Å². The van der Waals surface area contributed by atoms with Crippen molar-refractivity contribution in [1.29, 1.82) is 0 Å². The second-order valence-corrected chi connectivity index (χ2v) is 8.75. The lowest BCUT2D eigenvalue weighted by molar-refractivity contribution is -0.137. The van der Waals surface area contributed by atoms with Gasteiger partial charge in [0, 0.05) is 6.42 Å². The lowest BCUT2D eigenvalue weighted by atomic mass is 9.89. The van der Waals surface area contributed by atoms with Crippen LogP contribution in [-0.4, -0.2) is 11.1 Å². The summed E-state index contributed by atoms with van der Waals surface area (Å²) in [5.41, 5.74) is 1.70. The van der Waals surface area contributed by atoms with Crippen molar-refractivity contribution in [1.82, 2.24) is 0 Å². The lowest BCUT2D eigenvalue weighted by Crippen LogP contribution is -2.01. The first-order valence-corrected chi connectivity index (χ1v) is 12.5. The Bertz CT molecular complexity index is 373. The third-order valence-electron chi connectivity index (χ3n) is 5.94. The summed E-state index contributed by atoms with van der Waals surface area (Å²) in [6.45, 7) is 7.00. The zero-order chi connectivity index (χ0) is 20.9. The molecule has 0 saturated heterocycles. The topological polar surface area (TPSA) is 37.3 Å². The minimum Gasteiger partial charge on any atom is -0.481 e. The van der Waals surface area contributed by atoms with Gasteiger partial charge >= 0.3 is 5.97 Å². The van der Waals surface area contributed by atoms with Crippen molar-refractivity contribution in [2.45, 2.75) is 143 Å². The van der Waals surface area contributed by atoms with Crippen LogP contribution in [0, 0.1) is 5.92 Å². The largest absolute Gasteiger partial charge is 0.481 e. The van der Waals surface area contributed by atoms with E-state index in [1.54, 1.807) is 5.57 Å². The van der Waals surface area contributed by atoms with E-state index in [0.717, 1.165) is 18.8 Å². The zero-order valence-electron chi connectivity index (χ0n) is 19.4. The molecule has 28 heavy (non-hydrogen) atoms. The molecule has 166 valence electrons. The van der Waals surface area contributed by atoms with Crippen molar-refractivity contribution in [3.8, 4) is 0 Å². The maximum Gasteiger partial charge on any atom is 0.303 e. The second-order valence-electron chi connectivity index (χ2n) is 8.75. The van der Waals surface area contributed by atoms with Gasteiger partial charge in [-0.1, -0.05) is 109 Å². The van der Waals surface area contributed by atoms with Crippen LogP contribution in [-0.2, 0) is 4.79 Å². The first kappa shape index (κ1) is 27.2. The molecule has 0 aromatic carbocycles. The van der Waals surface area contributed by atoms with Crippen LogP contribution in [0.25, 0.3) is 0 Å². The van der Waals surface area contributed by atoms with Gasteiger partial charge < -0.3 is 5.11 Å². The number of carboxylic acids is 1. The summed E-state index contributed by atoms with van der Waals surface area (Å²) in [6, 6.07) is 0. The highest BCUT2D eigenvalue weighted by molar-refractivity contribution is 5.66. The highest BCUT2D eigenvalue weighted by atomic mass is 16.4. The van der Waals surface area contributed by atoms with E-state index in [9.17, 15) is 4.79 Å². The van der Waals surface area contributed by atoms with Gasteiger partial charge in [0.05, 0.1) is 0 Å². The van der Waals surface area contributed by atoms with E-state index < -0.39 is 5.97 Å². The van der Waals surface area contributed by atoms with Crippen LogP contribution in [0.4, 0.5) is 0 Å². The minimum absolute atomic E-state index is 0.332. The number of aliphatic carboxylic acids is 1. The van der Waals surface area contributed by atoms with Gasteiger partial charge in [0.1, 0.15) is 0 Å². The first-order chi connectivity index (χ1) is 13.6. The Morgan fingerprint density at radius 3 is 1.82 bits per heavy atom. The van der Waals surface area contributed by atoms with Crippen molar-refractivity contribution in [3.63, 3.8) is 0 Å². The number of unbranched alkanes of at least 4 members (excludes halogenated alkanes) is 13. The third kappa shape index (κ3) is 18.6. The van der Waals surface area contributed by atoms with Crippen LogP contribution < -0.4 is 0 Å². The van der Waals surface area contributed by atoms with Gasteiger partial charge in [-0.25, -0.2) is 0 Å². The van der Waals surface area contributed by atoms with Gasteiger partial charge in [0.25, 0.3) is 0 Å². The summed E-state index contributed by atoms with van der Waals surface area (Å²) < 4.78 is 0. The Kier molecular flexibility index (Phi) is 20.3. The Morgan fingerprint density at radius 2 is 1.21 bits per heavy atom. The molecule has 0 aliphatic rings. The van der Waals surface area contributed by atoms with Gasteiger partial charge in [-0.05, 0) is 44.4 Å². The van der Waals surface area contributed by atoms with E-state index in [1.165, 1.54) is 103 Å². The molecule has 0 aliphatic heterocycles. The summed E-state index contributed by atoms with van der Waals surface area (Å²) in [4.78, 5) is 10.6. The number of hydrogen-bond acceptors (Lipinski definition) is 1. The molecule has 2 nitrogen and oxygen atoms in total. The lowest BCUT2D eigenvalue weighted by Gasteiger charge is -2.17. The van der Waals surface area contributed by atoms with Crippen molar-refractivity contribution in [3.05, 3.63) is 11.6 Å². The summed E-state index contributed by atoms with van der Waals surface area (Å²) >= 11 is 0. The fraction of sp³-hybridized carbons (Fsp3) is 0.885. The maximum atomic E-state index is 10.6. The molecule has 0 amide bonds. The zero-order valence-corrected chi connectivity index (χ0v) is 19.4. The average Bonchev–Trinajstić information content (AvgIpc) is 2.67. The van der Waals surface area contributed by atoms with E-state index >= 15 is 0 Å². The molecule has 2 heteroatoms. The minimum atomic E-state index is -0.656. The normalized spacial score (nSPS) is 13.0. The molecule has 0 radical (unpaired) electrons. The molecule has 1 N–H and O–H groups in total. The quantitative estimate of drug-likeness (QED) is 0.156. The summed E-state index contributed by atoms with van der Waals surface area (Å²) in [5.74, 6) is 0.0840. The molecule has 0 aromatic rings. The molecule has 0 fully saturated rings. The Balaban J connectivity index is 4.15. The molecular weight excluding hydrogens is 344 g/mol. The first-order valence-electron chi connectivity index (χ1n) is 12.5. The van der Waals surface area contributed by atoms with E-state index in [1.807, 2.05) is 0 Å². The smallest absolute Gasteiger partial charge is 0.303 e. The molecule has 1 atom stereocenters. The van der Waals surface area contributed by atoms with Crippen molar-refractivity contribution >= 4 is 5.97 Å². The Hall–Kier alpha value is -0.790. The molecule has 0 rings (SSSR count). The van der Waals surface area contributed by atoms with Crippen LogP contribution in [0.5, 0.6) is 0 Å². The SMILES string of the molecule is CCCCCCCCC=C(CCCCCCCC(=O)O)C(C)CCCCCC. The highest BCUT2D eigenvalue weighted by Gasteiger charge is 2.09. The fourth-order valence-electron chi connectivity index (χ4n) is 3.96. The molecule has 0 aromatic heterocycles. The molecule has 0 aliphatic carbocycles. The van der Waals surface area contributed by atoms with Crippen molar-refractivity contribution in [2.75, 3.05) is 0 Å². The van der Waals surface area contributed by atoms with Gasteiger partial charge in [-0.3, -0.25) is 4.79 Å². The predicted octanol–water partition coefficient (Wildman–Crippen LogP) is 9.09. The van der Waals surface area contributed by atoms with Gasteiger partial charge in [0.15, 0.2) is 0 Å². The van der Waals surface area contributed by atoms with Crippen LogP contribution in [0.2, 0.25) is 0 Å². The van der Waals surface area contributed by atoms with Crippen LogP contribution in [0.1, 0.15) is 143 Å². The standard InChI is InChI=1S/C26H50O2/c1-4-6-8-10-11-13-17-21-25(24(3)20-16-9-7-5-2)22-18-14-12-15-19-23-26(27)28/h21,24H,4-20,22-23H2,1-3H3,(H,27,28). The van der Waals surface area contributed by atoms with Crippen LogP contribution in [0.3, 0.4) is 0 Å². The Labute approximate surface area is 176 Å². The monoisotopic (exact) mass is 394 g/mol. The highest BCUT2D eigenvalue weighted by Crippen LogP contribution is 2.25. The molecule has 0 heterocycles. The van der Waals surface area contributed by atoms with Gasteiger partial charge in [0.2, 0.25) is 0 Å². The summed E-state index contributed by atoms with van der Waals surface area (Å²) in [6.07, 6.45) is 26.1. The number of rotatable bonds is 21. The van der Waals surface area contributed by atoms with Gasteiger partial charge in [-0.15, -0.1) is 0 Å². The van der Waals surface area contributed by atoms with Crippen molar-refractivity contribution in [2.24, 2.45) is 5.92 Å². The van der Waals surface area contributed by atoms with Gasteiger partial charge in [-0.2, -0.15) is 0 Å². The Morgan fingerprint density at radius 1 is 0.714 bits per heavy atom. The number of allylic oxidation sites excluding steroid dienone is 2. The van der Waals surface area contributed by atoms with Crippen LogP contribution >= 0.6 is 0 Å². The van der Waals surface area contributed by atoms with E-state index in [2.05, 4.69) is 26.8 Å². The van der Waals surface area contributed by atoms with E-state index in [0.29, 0.717) is 6.42 Å². The molecular formula is C26H50O2. The maximum absolute atomic E-state index is 10.6. The van der Waals surface area contributed by atoms with Crippen molar-refractivity contribution < 1.29 is 9.90 Å². The third-order valence-corrected chi connectivity index (χ3v) is 5.94. The summed E-state index contributed by atoms with van der Waals surface area (Å²) in [5, 5.41) is 8.71.